The largest absolute Gasteiger partial charge is 0.452 e. The summed E-state index contributed by atoms with van der Waals surface area (Å²) in [6, 6.07) is 10.4. The molecule has 0 radical (unpaired) electrons. The first-order valence-corrected chi connectivity index (χ1v) is 9.64. The number of anilines is 2. The molecule has 30 heavy (non-hydrogen) atoms. The monoisotopic (exact) mass is 416 g/mol. The van der Waals surface area contributed by atoms with Gasteiger partial charge in [-0.15, -0.1) is 0 Å². The highest BCUT2D eigenvalue weighted by Crippen LogP contribution is 2.29. The van der Waals surface area contributed by atoms with Crippen molar-refractivity contribution >= 4 is 29.2 Å². The van der Waals surface area contributed by atoms with Gasteiger partial charge in [-0.05, 0) is 37.1 Å². The Labute approximate surface area is 172 Å². The van der Waals surface area contributed by atoms with E-state index < -0.39 is 35.5 Å². The molecule has 0 unspecified atom stereocenters. The van der Waals surface area contributed by atoms with Crippen molar-refractivity contribution in [1.82, 2.24) is 0 Å². The summed E-state index contributed by atoms with van der Waals surface area (Å²) in [6.07, 6.45) is -0.428. The standard InChI is InChI=1S/C22H22F2N2O4/c1-3-14-6-4-5-7-19(14)26-12-15(10-20(26)27)22(29)30-13(2)21(28)25-16-8-9-17(23)18(24)11-16/h4-9,11,13,15H,3,10,12H2,1-2H3,(H,25,28)/t13-,15+/m1/s1. The molecule has 3 rings (SSSR count). The smallest absolute Gasteiger partial charge is 0.312 e. The van der Waals surface area contributed by atoms with Gasteiger partial charge in [-0.25, -0.2) is 8.78 Å². The van der Waals surface area contributed by atoms with Crippen molar-refractivity contribution in [1.29, 1.82) is 0 Å². The highest BCUT2D eigenvalue weighted by molar-refractivity contribution is 6.01. The second-order valence-electron chi connectivity index (χ2n) is 7.08. The lowest BCUT2D eigenvalue weighted by atomic mass is 10.1. The number of carbonyl (C=O) groups is 3. The van der Waals surface area contributed by atoms with E-state index in [1.165, 1.54) is 13.0 Å². The number of hydrogen-bond donors (Lipinski definition) is 1. The molecule has 0 saturated carbocycles. The summed E-state index contributed by atoms with van der Waals surface area (Å²) < 4.78 is 31.5. The average molecular weight is 416 g/mol. The molecule has 2 amide bonds. The van der Waals surface area contributed by atoms with Gasteiger partial charge in [-0.3, -0.25) is 14.4 Å². The number of aryl methyl sites for hydroxylation is 1. The van der Waals surface area contributed by atoms with Crippen LogP contribution in [0.4, 0.5) is 20.2 Å². The molecular weight excluding hydrogens is 394 g/mol. The number of nitrogens with zero attached hydrogens (tertiary/aromatic N) is 1. The van der Waals surface area contributed by atoms with Gasteiger partial charge in [0.25, 0.3) is 5.91 Å². The minimum Gasteiger partial charge on any atom is -0.452 e. The number of carbonyl (C=O) groups excluding carboxylic acids is 3. The van der Waals surface area contributed by atoms with Crippen molar-refractivity contribution in [2.45, 2.75) is 32.8 Å². The number of amides is 2. The van der Waals surface area contributed by atoms with Crippen LogP contribution in [0.2, 0.25) is 0 Å². The van der Waals surface area contributed by atoms with E-state index >= 15 is 0 Å². The molecule has 2 atom stereocenters. The number of rotatable bonds is 6. The molecule has 2 aromatic carbocycles. The normalized spacial score (nSPS) is 17.0. The van der Waals surface area contributed by atoms with Gasteiger partial charge in [-0.1, -0.05) is 25.1 Å². The second-order valence-corrected chi connectivity index (χ2v) is 7.08. The highest BCUT2D eigenvalue weighted by atomic mass is 19.2. The molecule has 1 aliphatic rings. The first-order chi connectivity index (χ1) is 14.3. The van der Waals surface area contributed by atoms with Crippen LogP contribution in [0, 0.1) is 17.6 Å². The lowest BCUT2D eigenvalue weighted by molar-refractivity contribution is -0.157. The zero-order chi connectivity index (χ0) is 21.8. The number of esters is 1. The molecular formula is C22H22F2N2O4. The maximum atomic E-state index is 13.3. The minimum atomic E-state index is -1.17. The maximum absolute atomic E-state index is 13.3. The third kappa shape index (κ3) is 4.64. The summed E-state index contributed by atoms with van der Waals surface area (Å²) in [6.45, 7) is 3.53. The van der Waals surface area contributed by atoms with Crippen LogP contribution in [0.1, 0.15) is 25.8 Å². The number of hydrogen-bond acceptors (Lipinski definition) is 4. The third-order valence-electron chi connectivity index (χ3n) is 4.97. The van der Waals surface area contributed by atoms with Crippen LogP contribution in [-0.2, 0) is 25.5 Å². The second kappa shape index (κ2) is 9.02. The fourth-order valence-corrected chi connectivity index (χ4v) is 3.31. The Morgan fingerprint density at radius 3 is 2.63 bits per heavy atom. The van der Waals surface area contributed by atoms with Gasteiger partial charge in [0.1, 0.15) is 0 Å². The van der Waals surface area contributed by atoms with Crippen molar-refractivity contribution in [3.63, 3.8) is 0 Å². The van der Waals surface area contributed by atoms with Crippen LogP contribution >= 0.6 is 0 Å². The summed E-state index contributed by atoms with van der Waals surface area (Å²) in [4.78, 5) is 38.7. The van der Waals surface area contributed by atoms with Gasteiger partial charge in [-0.2, -0.15) is 0 Å². The predicted octanol–water partition coefficient (Wildman–Crippen LogP) is 3.45. The molecule has 0 spiro atoms. The quantitative estimate of drug-likeness (QED) is 0.732. The molecule has 1 aliphatic heterocycles. The molecule has 8 heteroatoms. The van der Waals surface area contributed by atoms with Crippen LogP contribution in [0.15, 0.2) is 42.5 Å². The van der Waals surface area contributed by atoms with Crippen molar-refractivity contribution in [3.05, 3.63) is 59.7 Å². The molecule has 2 aromatic rings. The Bertz CT molecular complexity index is 979. The summed E-state index contributed by atoms with van der Waals surface area (Å²) in [5, 5.41) is 2.36. The SMILES string of the molecule is CCc1ccccc1N1C[C@@H](C(=O)O[C@H](C)C(=O)Nc2ccc(F)c(F)c2)CC1=O. The average Bonchev–Trinajstić information content (AvgIpc) is 3.12. The maximum Gasteiger partial charge on any atom is 0.312 e. The van der Waals surface area contributed by atoms with Gasteiger partial charge in [0.15, 0.2) is 17.7 Å². The molecule has 0 bridgehead atoms. The fraction of sp³-hybridized carbons (Fsp3) is 0.318. The molecule has 0 aromatic heterocycles. The topological polar surface area (TPSA) is 75.7 Å². The first kappa shape index (κ1) is 21.4. The number of benzene rings is 2. The van der Waals surface area contributed by atoms with Crippen LogP contribution in [0.25, 0.3) is 0 Å². The number of nitrogens with one attached hydrogen (secondary N) is 1. The van der Waals surface area contributed by atoms with Crippen molar-refractivity contribution in [2.75, 3.05) is 16.8 Å². The Morgan fingerprint density at radius 1 is 1.20 bits per heavy atom. The molecule has 1 saturated heterocycles. The van der Waals surface area contributed by atoms with E-state index in [4.69, 9.17) is 4.74 Å². The van der Waals surface area contributed by atoms with Crippen molar-refractivity contribution in [2.24, 2.45) is 5.92 Å². The summed E-state index contributed by atoms with van der Waals surface area (Å²) in [5.41, 5.74) is 1.81. The minimum absolute atomic E-state index is 0.00556. The summed E-state index contributed by atoms with van der Waals surface area (Å²) >= 11 is 0. The van der Waals surface area contributed by atoms with E-state index in [2.05, 4.69) is 5.32 Å². The molecule has 158 valence electrons. The van der Waals surface area contributed by atoms with Gasteiger partial charge in [0.05, 0.1) is 5.92 Å². The van der Waals surface area contributed by atoms with Crippen LogP contribution in [0.5, 0.6) is 0 Å². The van der Waals surface area contributed by atoms with Gasteiger partial charge in [0, 0.05) is 30.4 Å². The lowest BCUT2D eigenvalue weighted by Crippen LogP contribution is -2.33. The van der Waals surface area contributed by atoms with E-state index in [1.54, 1.807) is 4.90 Å². The van der Waals surface area contributed by atoms with Gasteiger partial charge in [0.2, 0.25) is 5.91 Å². The van der Waals surface area contributed by atoms with Crippen molar-refractivity contribution < 1.29 is 27.9 Å². The van der Waals surface area contributed by atoms with Crippen molar-refractivity contribution in [3.8, 4) is 0 Å². The Kier molecular flexibility index (Phi) is 6.44. The number of halogens is 2. The van der Waals surface area contributed by atoms with Crippen LogP contribution in [-0.4, -0.2) is 30.4 Å². The van der Waals surface area contributed by atoms with E-state index in [0.29, 0.717) is 0 Å². The lowest BCUT2D eigenvalue weighted by Gasteiger charge is -2.20. The van der Waals surface area contributed by atoms with E-state index in [-0.39, 0.29) is 24.6 Å². The summed E-state index contributed by atoms with van der Waals surface area (Å²) in [5.74, 6) is -4.36. The van der Waals surface area contributed by atoms with Crippen LogP contribution in [0.3, 0.4) is 0 Å². The van der Waals surface area contributed by atoms with E-state index in [0.717, 1.165) is 29.8 Å². The summed E-state index contributed by atoms with van der Waals surface area (Å²) in [7, 11) is 0. The van der Waals surface area contributed by atoms with Gasteiger partial charge < -0.3 is 15.0 Å². The van der Waals surface area contributed by atoms with Crippen LogP contribution < -0.4 is 10.2 Å². The molecule has 1 N–H and O–H groups in total. The number of ether oxygens (including phenoxy) is 1. The fourth-order valence-electron chi connectivity index (χ4n) is 3.31. The first-order valence-electron chi connectivity index (χ1n) is 9.64. The van der Waals surface area contributed by atoms with Gasteiger partial charge >= 0.3 is 5.97 Å². The molecule has 0 aliphatic carbocycles. The molecule has 1 fully saturated rings. The zero-order valence-corrected chi connectivity index (χ0v) is 16.7. The molecule has 6 nitrogen and oxygen atoms in total. The van der Waals surface area contributed by atoms with E-state index in [9.17, 15) is 23.2 Å². The Balaban J connectivity index is 1.60. The third-order valence-corrected chi connectivity index (χ3v) is 4.97. The Hall–Kier alpha value is -3.29. The Morgan fingerprint density at radius 2 is 1.93 bits per heavy atom. The predicted molar refractivity (Wildman–Crippen MR) is 107 cm³/mol. The highest BCUT2D eigenvalue weighted by Gasteiger charge is 2.37. The zero-order valence-electron chi connectivity index (χ0n) is 16.7. The van der Waals surface area contributed by atoms with E-state index in [1.807, 2.05) is 31.2 Å². The molecule has 1 heterocycles. The number of para-hydroxylation sites is 1.